The maximum absolute atomic E-state index is 11.1. The molecular formula is C10H8O5. The smallest absolute Gasteiger partial charge is 0.345 e. The highest BCUT2D eigenvalue weighted by molar-refractivity contribution is 5.96. The first kappa shape index (κ1) is 10.9. The van der Waals surface area contributed by atoms with Crippen molar-refractivity contribution in [1.29, 1.82) is 0 Å². The second kappa shape index (κ2) is 4.90. The average Bonchev–Trinajstić information content (AvgIpc) is 2.28. The van der Waals surface area contributed by atoms with Crippen molar-refractivity contribution in [2.45, 2.75) is 0 Å². The number of carbonyl (C=O) groups excluding carboxylic acids is 3. The molecule has 0 aliphatic heterocycles. The Hall–Kier alpha value is -2.17. The highest BCUT2D eigenvalue weighted by Gasteiger charge is 2.10. The molecule has 0 unspecified atom stereocenters. The third kappa shape index (κ3) is 2.63. The van der Waals surface area contributed by atoms with Crippen LogP contribution in [0.4, 0.5) is 0 Å². The Morgan fingerprint density at radius 2 is 1.80 bits per heavy atom. The number of methoxy groups -OCH3 is 1. The number of carbonyl (C=O) groups is 3. The molecule has 0 amide bonds. The van der Waals surface area contributed by atoms with Crippen LogP contribution in [0, 0.1) is 0 Å². The van der Waals surface area contributed by atoms with E-state index >= 15 is 0 Å². The fourth-order valence-electron chi connectivity index (χ4n) is 1.00. The van der Waals surface area contributed by atoms with Gasteiger partial charge in [-0.1, -0.05) is 6.07 Å². The van der Waals surface area contributed by atoms with E-state index in [-0.39, 0.29) is 17.6 Å². The number of rotatable bonds is 3. The van der Waals surface area contributed by atoms with Gasteiger partial charge in [0.1, 0.15) is 0 Å². The maximum Gasteiger partial charge on any atom is 0.345 e. The number of hydrogen-bond acceptors (Lipinski definition) is 5. The molecule has 0 aromatic heterocycles. The number of benzene rings is 1. The van der Waals surface area contributed by atoms with Crippen molar-refractivity contribution in [3.63, 3.8) is 0 Å². The van der Waals surface area contributed by atoms with Crippen LogP contribution in [0.1, 0.15) is 20.7 Å². The third-order valence-corrected chi connectivity index (χ3v) is 1.67. The summed E-state index contributed by atoms with van der Waals surface area (Å²) in [6.07, 6.45) is 0. The quantitative estimate of drug-likeness (QED) is 0.417. The van der Waals surface area contributed by atoms with Gasteiger partial charge in [0.05, 0.1) is 18.2 Å². The van der Waals surface area contributed by atoms with Gasteiger partial charge in [0, 0.05) is 0 Å². The van der Waals surface area contributed by atoms with Crippen LogP contribution in [0.3, 0.4) is 0 Å². The summed E-state index contributed by atoms with van der Waals surface area (Å²) in [5.41, 5.74) is 0.336. The van der Waals surface area contributed by atoms with E-state index in [1.165, 1.54) is 31.4 Å². The molecule has 0 aliphatic rings. The Morgan fingerprint density at radius 3 is 2.33 bits per heavy atom. The lowest BCUT2D eigenvalue weighted by atomic mass is 10.1. The first-order chi connectivity index (χ1) is 7.19. The zero-order valence-corrected chi connectivity index (χ0v) is 7.93. The molecule has 0 saturated carbocycles. The molecule has 0 N–H and O–H groups in total. The van der Waals surface area contributed by atoms with E-state index in [2.05, 4.69) is 9.47 Å². The molecule has 0 heterocycles. The molecule has 0 atom stereocenters. The third-order valence-electron chi connectivity index (χ3n) is 1.67. The zero-order valence-electron chi connectivity index (χ0n) is 7.93. The summed E-state index contributed by atoms with van der Waals surface area (Å²) in [7, 11) is 1.23. The molecule has 0 aliphatic carbocycles. The van der Waals surface area contributed by atoms with Gasteiger partial charge in [-0.2, -0.15) is 0 Å². The van der Waals surface area contributed by atoms with Crippen molar-refractivity contribution in [3.8, 4) is 0 Å². The van der Waals surface area contributed by atoms with Gasteiger partial charge in [-0.15, -0.1) is 0 Å². The second-order valence-corrected chi connectivity index (χ2v) is 2.57. The summed E-state index contributed by atoms with van der Waals surface area (Å²) in [5.74, 6) is -1.37. The van der Waals surface area contributed by atoms with Crippen LogP contribution in [0.15, 0.2) is 24.3 Å². The number of hydrogen-bond donors (Lipinski definition) is 0. The van der Waals surface area contributed by atoms with Crippen molar-refractivity contribution >= 4 is 18.4 Å². The van der Waals surface area contributed by atoms with E-state index in [4.69, 9.17) is 0 Å². The van der Waals surface area contributed by atoms with Crippen LogP contribution in [0.2, 0.25) is 0 Å². The number of ether oxygens (including phenoxy) is 2. The SMILES string of the molecule is COC(=O)c1cccc(C(=O)OC=O)c1. The summed E-state index contributed by atoms with van der Waals surface area (Å²) < 4.78 is 8.60. The zero-order chi connectivity index (χ0) is 11.3. The van der Waals surface area contributed by atoms with Gasteiger partial charge in [-0.3, -0.25) is 4.79 Å². The van der Waals surface area contributed by atoms with Gasteiger partial charge < -0.3 is 9.47 Å². The van der Waals surface area contributed by atoms with E-state index in [0.717, 1.165) is 0 Å². The maximum atomic E-state index is 11.1. The molecule has 1 aromatic carbocycles. The summed E-state index contributed by atoms with van der Waals surface area (Å²) in [5, 5.41) is 0. The predicted octanol–water partition coefficient (Wildman–Crippen LogP) is 0.786. The van der Waals surface area contributed by atoms with Crippen LogP contribution in [-0.4, -0.2) is 25.5 Å². The highest BCUT2D eigenvalue weighted by Crippen LogP contribution is 2.07. The monoisotopic (exact) mass is 208 g/mol. The topological polar surface area (TPSA) is 69.7 Å². The largest absolute Gasteiger partial charge is 0.465 e. The molecule has 0 radical (unpaired) electrons. The summed E-state index contributed by atoms with van der Waals surface area (Å²) in [6.45, 7) is 0.0349. The van der Waals surface area contributed by atoms with Crippen LogP contribution < -0.4 is 0 Å². The van der Waals surface area contributed by atoms with Crippen molar-refractivity contribution in [2.75, 3.05) is 7.11 Å². The second-order valence-electron chi connectivity index (χ2n) is 2.57. The first-order valence-corrected chi connectivity index (χ1v) is 4.02. The molecule has 0 spiro atoms. The Balaban J connectivity index is 2.97. The van der Waals surface area contributed by atoms with Gasteiger partial charge in [0.2, 0.25) is 0 Å². The molecule has 5 heteroatoms. The first-order valence-electron chi connectivity index (χ1n) is 4.02. The lowest BCUT2D eigenvalue weighted by Gasteiger charge is -2.01. The van der Waals surface area contributed by atoms with Crippen LogP contribution in [0.25, 0.3) is 0 Å². The van der Waals surface area contributed by atoms with E-state index < -0.39 is 11.9 Å². The Morgan fingerprint density at radius 1 is 1.20 bits per heavy atom. The molecule has 1 aromatic rings. The minimum atomic E-state index is -0.809. The minimum Gasteiger partial charge on any atom is -0.465 e. The summed E-state index contributed by atoms with van der Waals surface area (Å²) in [6, 6.07) is 5.70. The van der Waals surface area contributed by atoms with E-state index in [1.807, 2.05) is 0 Å². The molecular weight excluding hydrogens is 200 g/mol. The van der Waals surface area contributed by atoms with E-state index in [0.29, 0.717) is 0 Å². The minimum absolute atomic E-state index is 0.0349. The molecule has 78 valence electrons. The van der Waals surface area contributed by atoms with Crippen molar-refractivity contribution < 1.29 is 23.9 Å². The fraction of sp³-hybridized carbons (Fsp3) is 0.100. The Kier molecular flexibility index (Phi) is 3.56. The van der Waals surface area contributed by atoms with Crippen molar-refractivity contribution in [3.05, 3.63) is 35.4 Å². The number of esters is 2. The van der Waals surface area contributed by atoms with E-state index in [9.17, 15) is 14.4 Å². The van der Waals surface area contributed by atoms with E-state index in [1.54, 1.807) is 0 Å². The van der Waals surface area contributed by atoms with Gasteiger partial charge in [-0.05, 0) is 18.2 Å². The summed E-state index contributed by atoms with van der Waals surface area (Å²) >= 11 is 0. The van der Waals surface area contributed by atoms with Crippen molar-refractivity contribution in [1.82, 2.24) is 0 Å². The molecule has 5 nitrogen and oxygen atoms in total. The van der Waals surface area contributed by atoms with Crippen LogP contribution >= 0.6 is 0 Å². The normalized spacial score (nSPS) is 9.13. The Labute approximate surface area is 85.6 Å². The standard InChI is InChI=1S/C10H8O5/c1-14-9(12)7-3-2-4-8(5-7)10(13)15-6-11/h2-6H,1H3. The van der Waals surface area contributed by atoms with Crippen LogP contribution in [-0.2, 0) is 14.3 Å². The molecule has 15 heavy (non-hydrogen) atoms. The van der Waals surface area contributed by atoms with Crippen molar-refractivity contribution in [2.24, 2.45) is 0 Å². The lowest BCUT2D eigenvalue weighted by molar-refractivity contribution is -0.123. The fourth-order valence-corrected chi connectivity index (χ4v) is 1.00. The van der Waals surface area contributed by atoms with Gasteiger partial charge in [-0.25, -0.2) is 9.59 Å². The Bertz CT molecular complexity index is 397. The van der Waals surface area contributed by atoms with Gasteiger partial charge >= 0.3 is 18.4 Å². The molecule has 0 saturated heterocycles. The highest BCUT2D eigenvalue weighted by atomic mass is 16.6. The van der Waals surface area contributed by atoms with Gasteiger partial charge in [0.25, 0.3) is 0 Å². The molecule has 1 rings (SSSR count). The molecule has 0 fully saturated rings. The predicted molar refractivity (Wildman–Crippen MR) is 49.3 cm³/mol. The lowest BCUT2D eigenvalue weighted by Crippen LogP contribution is -2.06. The summed E-state index contributed by atoms with van der Waals surface area (Å²) in [4.78, 5) is 32.1. The molecule has 0 bridgehead atoms. The van der Waals surface area contributed by atoms with Gasteiger partial charge in [0.15, 0.2) is 0 Å². The average molecular weight is 208 g/mol. The van der Waals surface area contributed by atoms with Crippen LogP contribution in [0.5, 0.6) is 0 Å².